The van der Waals surface area contributed by atoms with E-state index >= 15 is 0 Å². The van der Waals surface area contributed by atoms with Gasteiger partial charge in [-0.1, -0.05) is 47.5 Å². The van der Waals surface area contributed by atoms with Gasteiger partial charge in [0.25, 0.3) is 0 Å². The molecule has 0 saturated carbocycles. The van der Waals surface area contributed by atoms with Gasteiger partial charge >= 0.3 is 6.03 Å². The standard InChI is InChI=1S/C23H19Cl2N3O2/c1-30-20-12-10-19(11-13-20)26-23(29)28-14-21(15-2-6-17(24)7-3-15)22(27-28)16-4-8-18(25)9-5-16/h2-13,21H,14H2,1H3,(H,26,29). The van der Waals surface area contributed by atoms with Gasteiger partial charge in [0.05, 0.1) is 19.4 Å². The molecule has 1 aliphatic rings. The van der Waals surface area contributed by atoms with Crippen LogP contribution in [0.4, 0.5) is 10.5 Å². The lowest BCUT2D eigenvalue weighted by Crippen LogP contribution is -2.30. The third-order valence-electron chi connectivity index (χ3n) is 4.90. The zero-order valence-corrected chi connectivity index (χ0v) is 17.7. The number of methoxy groups -OCH3 is 1. The number of hydrogen-bond donors (Lipinski definition) is 1. The van der Waals surface area contributed by atoms with Crippen LogP contribution in [0.2, 0.25) is 10.0 Å². The predicted octanol–water partition coefficient (Wildman–Crippen LogP) is 6.04. The summed E-state index contributed by atoms with van der Waals surface area (Å²) in [6.45, 7) is 0.418. The third kappa shape index (κ3) is 4.42. The number of urea groups is 1. The minimum Gasteiger partial charge on any atom is -0.497 e. The molecular weight excluding hydrogens is 421 g/mol. The normalized spacial score (nSPS) is 15.6. The van der Waals surface area contributed by atoms with E-state index in [9.17, 15) is 4.79 Å². The topological polar surface area (TPSA) is 53.9 Å². The van der Waals surface area contributed by atoms with Crippen molar-refractivity contribution in [1.29, 1.82) is 0 Å². The molecule has 0 saturated heterocycles. The molecule has 4 rings (SSSR count). The van der Waals surface area contributed by atoms with Gasteiger partial charge < -0.3 is 10.1 Å². The van der Waals surface area contributed by atoms with Crippen LogP contribution in [0.3, 0.4) is 0 Å². The molecule has 0 aromatic heterocycles. The molecule has 0 spiro atoms. The summed E-state index contributed by atoms with van der Waals surface area (Å²) in [5, 5.41) is 10.3. The summed E-state index contributed by atoms with van der Waals surface area (Å²) < 4.78 is 5.15. The van der Waals surface area contributed by atoms with Crippen molar-refractivity contribution in [3.05, 3.63) is 94.0 Å². The average molecular weight is 440 g/mol. The number of amides is 2. The van der Waals surface area contributed by atoms with Gasteiger partial charge in [0.15, 0.2) is 0 Å². The van der Waals surface area contributed by atoms with Gasteiger partial charge in [-0.15, -0.1) is 0 Å². The zero-order chi connectivity index (χ0) is 21.1. The summed E-state index contributed by atoms with van der Waals surface area (Å²) in [6, 6.07) is 21.9. The van der Waals surface area contributed by atoms with Crippen LogP contribution in [0.5, 0.6) is 5.75 Å². The molecule has 30 heavy (non-hydrogen) atoms. The van der Waals surface area contributed by atoms with Crippen LogP contribution in [0, 0.1) is 0 Å². The van der Waals surface area contributed by atoms with Crippen molar-refractivity contribution in [3.63, 3.8) is 0 Å². The number of carbonyl (C=O) groups is 1. The van der Waals surface area contributed by atoms with E-state index < -0.39 is 0 Å². The summed E-state index contributed by atoms with van der Waals surface area (Å²) in [5.41, 5.74) is 3.42. The molecule has 0 aliphatic carbocycles. The van der Waals surface area contributed by atoms with Gasteiger partial charge in [0.2, 0.25) is 0 Å². The fraction of sp³-hybridized carbons (Fsp3) is 0.130. The number of hydrogen-bond acceptors (Lipinski definition) is 3. The van der Waals surface area contributed by atoms with Gasteiger partial charge in [-0.25, -0.2) is 9.80 Å². The molecule has 5 nitrogen and oxygen atoms in total. The first-order chi connectivity index (χ1) is 14.5. The molecule has 0 radical (unpaired) electrons. The molecule has 2 amide bonds. The Bertz CT molecular complexity index is 1070. The highest BCUT2D eigenvalue weighted by atomic mass is 35.5. The van der Waals surface area contributed by atoms with Gasteiger partial charge in [-0.3, -0.25) is 0 Å². The Morgan fingerprint density at radius 3 is 2.17 bits per heavy atom. The minimum absolute atomic E-state index is 0.0786. The summed E-state index contributed by atoms with van der Waals surface area (Å²) in [6.07, 6.45) is 0. The highest BCUT2D eigenvalue weighted by molar-refractivity contribution is 6.31. The molecule has 1 N–H and O–H groups in total. The highest BCUT2D eigenvalue weighted by Crippen LogP contribution is 2.30. The lowest BCUT2D eigenvalue weighted by atomic mass is 9.91. The van der Waals surface area contributed by atoms with Gasteiger partial charge in [0.1, 0.15) is 5.75 Å². The number of rotatable bonds is 4. The molecule has 7 heteroatoms. The molecule has 1 unspecified atom stereocenters. The van der Waals surface area contributed by atoms with Crippen LogP contribution in [0.25, 0.3) is 0 Å². The molecule has 3 aromatic rings. The quantitative estimate of drug-likeness (QED) is 0.538. The minimum atomic E-state index is -0.303. The number of anilines is 1. The van der Waals surface area contributed by atoms with Crippen molar-refractivity contribution in [3.8, 4) is 5.75 Å². The molecule has 1 aliphatic heterocycles. The predicted molar refractivity (Wildman–Crippen MR) is 121 cm³/mol. The van der Waals surface area contributed by atoms with Crippen LogP contribution < -0.4 is 10.1 Å². The van der Waals surface area contributed by atoms with Crippen LogP contribution in [0.15, 0.2) is 77.9 Å². The summed E-state index contributed by atoms with van der Waals surface area (Å²) in [5.74, 6) is 0.644. The Morgan fingerprint density at radius 1 is 0.967 bits per heavy atom. The Kier molecular flexibility index (Phi) is 5.93. The second kappa shape index (κ2) is 8.78. The summed E-state index contributed by atoms with van der Waals surface area (Å²) in [7, 11) is 1.60. The number of hydrazone groups is 1. The van der Waals surface area contributed by atoms with E-state index in [1.165, 1.54) is 5.01 Å². The van der Waals surface area contributed by atoms with Crippen molar-refractivity contribution in [2.75, 3.05) is 19.0 Å². The lowest BCUT2D eigenvalue weighted by molar-refractivity contribution is 0.218. The number of ether oxygens (including phenoxy) is 1. The van der Waals surface area contributed by atoms with Crippen molar-refractivity contribution >= 4 is 40.6 Å². The van der Waals surface area contributed by atoms with E-state index in [1.807, 2.05) is 48.5 Å². The van der Waals surface area contributed by atoms with E-state index in [1.54, 1.807) is 31.4 Å². The largest absolute Gasteiger partial charge is 0.497 e. The maximum Gasteiger partial charge on any atom is 0.342 e. The highest BCUT2D eigenvalue weighted by Gasteiger charge is 2.32. The lowest BCUT2D eigenvalue weighted by Gasteiger charge is -2.16. The van der Waals surface area contributed by atoms with E-state index in [-0.39, 0.29) is 11.9 Å². The Morgan fingerprint density at radius 2 is 1.57 bits per heavy atom. The van der Waals surface area contributed by atoms with Crippen molar-refractivity contribution in [1.82, 2.24) is 5.01 Å². The van der Waals surface area contributed by atoms with Crippen molar-refractivity contribution in [2.45, 2.75) is 5.92 Å². The second-order valence-corrected chi connectivity index (χ2v) is 7.71. The molecule has 0 fully saturated rings. The zero-order valence-electron chi connectivity index (χ0n) is 16.2. The fourth-order valence-corrected chi connectivity index (χ4v) is 3.58. The van der Waals surface area contributed by atoms with Crippen LogP contribution in [-0.4, -0.2) is 30.4 Å². The van der Waals surface area contributed by atoms with Crippen LogP contribution >= 0.6 is 23.2 Å². The molecule has 1 atom stereocenters. The van der Waals surface area contributed by atoms with E-state index in [4.69, 9.17) is 27.9 Å². The van der Waals surface area contributed by atoms with Gasteiger partial charge in [0, 0.05) is 21.7 Å². The third-order valence-corrected chi connectivity index (χ3v) is 5.41. The van der Waals surface area contributed by atoms with Gasteiger partial charge in [-0.05, 0) is 59.7 Å². The average Bonchev–Trinajstić information content (AvgIpc) is 3.21. The second-order valence-electron chi connectivity index (χ2n) is 6.84. The monoisotopic (exact) mass is 439 g/mol. The molecule has 1 heterocycles. The maximum absolute atomic E-state index is 12.9. The maximum atomic E-state index is 12.9. The molecule has 0 bridgehead atoms. The summed E-state index contributed by atoms with van der Waals surface area (Å²) in [4.78, 5) is 12.9. The molecular formula is C23H19Cl2N3O2. The first-order valence-electron chi connectivity index (χ1n) is 9.36. The van der Waals surface area contributed by atoms with Gasteiger partial charge in [-0.2, -0.15) is 5.10 Å². The van der Waals surface area contributed by atoms with E-state index in [2.05, 4.69) is 10.4 Å². The number of halogens is 2. The number of nitrogens with zero attached hydrogens (tertiary/aromatic N) is 2. The first-order valence-corrected chi connectivity index (χ1v) is 10.1. The Hall–Kier alpha value is -3.02. The smallest absolute Gasteiger partial charge is 0.342 e. The fourth-order valence-electron chi connectivity index (χ4n) is 3.33. The first kappa shape index (κ1) is 20.3. The number of nitrogens with one attached hydrogen (secondary N) is 1. The Balaban J connectivity index is 1.60. The van der Waals surface area contributed by atoms with Crippen LogP contribution in [0.1, 0.15) is 17.0 Å². The molecule has 152 valence electrons. The SMILES string of the molecule is COc1ccc(NC(=O)N2CC(c3ccc(Cl)cc3)C(c3ccc(Cl)cc3)=N2)cc1. The van der Waals surface area contributed by atoms with Crippen LogP contribution in [-0.2, 0) is 0 Å². The summed E-state index contributed by atoms with van der Waals surface area (Å²) >= 11 is 12.1. The van der Waals surface area contributed by atoms with Crippen molar-refractivity contribution in [2.24, 2.45) is 5.10 Å². The van der Waals surface area contributed by atoms with Crippen molar-refractivity contribution < 1.29 is 9.53 Å². The number of benzene rings is 3. The van der Waals surface area contributed by atoms with E-state index in [0.29, 0.717) is 22.3 Å². The Labute approximate surface area is 184 Å². The van der Waals surface area contributed by atoms with E-state index in [0.717, 1.165) is 22.6 Å². The number of carbonyl (C=O) groups excluding carboxylic acids is 1. The molecule has 3 aromatic carbocycles.